The van der Waals surface area contributed by atoms with Gasteiger partial charge in [-0.15, -0.1) is 0 Å². The van der Waals surface area contributed by atoms with Crippen LogP contribution in [-0.4, -0.2) is 23.3 Å². The Morgan fingerprint density at radius 1 is 1.11 bits per heavy atom. The molecule has 0 fully saturated rings. The molecular formula is C14H16INO2. The molecule has 0 atom stereocenters. The lowest BCUT2D eigenvalue weighted by Gasteiger charge is -2.13. The summed E-state index contributed by atoms with van der Waals surface area (Å²) in [6, 6.07) is 5.43. The van der Waals surface area contributed by atoms with Crippen molar-refractivity contribution in [3.05, 3.63) is 32.9 Å². The maximum Gasteiger partial charge on any atom is 0.262 e. The number of fused-ring (bicyclic) bond motifs is 1. The molecule has 0 N–H and O–H groups in total. The monoisotopic (exact) mass is 357 g/mol. The standard InChI is InChI=1S/C14H16INO2/c1-2-3-4-5-9-16-13(17)10-7-6-8-11(15)12(10)14(16)18/h6-8H,2-5,9H2,1H3. The summed E-state index contributed by atoms with van der Waals surface area (Å²) in [5.41, 5.74) is 1.14. The van der Waals surface area contributed by atoms with Crippen molar-refractivity contribution in [1.82, 2.24) is 4.90 Å². The Balaban J connectivity index is 2.11. The molecule has 1 aliphatic rings. The molecule has 0 radical (unpaired) electrons. The van der Waals surface area contributed by atoms with Crippen molar-refractivity contribution in [1.29, 1.82) is 0 Å². The molecule has 18 heavy (non-hydrogen) atoms. The van der Waals surface area contributed by atoms with Crippen LogP contribution in [0, 0.1) is 3.57 Å². The average molecular weight is 357 g/mol. The number of benzene rings is 1. The van der Waals surface area contributed by atoms with E-state index in [0.29, 0.717) is 17.7 Å². The topological polar surface area (TPSA) is 37.4 Å². The van der Waals surface area contributed by atoms with E-state index in [1.54, 1.807) is 6.07 Å². The first-order valence-electron chi connectivity index (χ1n) is 6.31. The number of imide groups is 1. The van der Waals surface area contributed by atoms with Crippen LogP contribution in [0.5, 0.6) is 0 Å². The van der Waals surface area contributed by atoms with Gasteiger partial charge in [-0.3, -0.25) is 14.5 Å². The molecule has 0 bridgehead atoms. The lowest BCUT2D eigenvalue weighted by molar-refractivity contribution is 0.0651. The summed E-state index contributed by atoms with van der Waals surface area (Å²) in [6.07, 6.45) is 4.28. The Bertz CT molecular complexity index is 485. The van der Waals surface area contributed by atoms with Crippen molar-refractivity contribution in [3.63, 3.8) is 0 Å². The predicted octanol–water partition coefficient (Wildman–Crippen LogP) is 3.47. The number of rotatable bonds is 5. The second kappa shape index (κ2) is 5.82. The van der Waals surface area contributed by atoms with E-state index in [0.717, 1.165) is 29.3 Å². The zero-order valence-electron chi connectivity index (χ0n) is 10.4. The van der Waals surface area contributed by atoms with Gasteiger partial charge in [0, 0.05) is 10.1 Å². The largest absolute Gasteiger partial charge is 0.274 e. The van der Waals surface area contributed by atoms with Crippen molar-refractivity contribution in [2.45, 2.75) is 32.6 Å². The molecule has 96 valence electrons. The Morgan fingerprint density at radius 2 is 1.89 bits per heavy atom. The van der Waals surface area contributed by atoms with Gasteiger partial charge in [-0.1, -0.05) is 32.3 Å². The molecule has 0 saturated heterocycles. The van der Waals surface area contributed by atoms with Crippen LogP contribution in [0.15, 0.2) is 18.2 Å². The van der Waals surface area contributed by atoms with E-state index >= 15 is 0 Å². The van der Waals surface area contributed by atoms with Gasteiger partial charge in [-0.2, -0.15) is 0 Å². The maximum atomic E-state index is 12.2. The predicted molar refractivity (Wildman–Crippen MR) is 78.7 cm³/mol. The third-order valence-electron chi connectivity index (χ3n) is 3.18. The molecule has 1 aliphatic heterocycles. The van der Waals surface area contributed by atoms with E-state index in [-0.39, 0.29) is 11.8 Å². The number of hydrogen-bond donors (Lipinski definition) is 0. The van der Waals surface area contributed by atoms with Crippen molar-refractivity contribution in [2.75, 3.05) is 6.54 Å². The van der Waals surface area contributed by atoms with E-state index in [2.05, 4.69) is 29.5 Å². The zero-order valence-corrected chi connectivity index (χ0v) is 12.6. The van der Waals surface area contributed by atoms with Crippen LogP contribution < -0.4 is 0 Å². The van der Waals surface area contributed by atoms with Crippen LogP contribution in [-0.2, 0) is 0 Å². The van der Waals surface area contributed by atoms with Gasteiger partial charge in [0.05, 0.1) is 11.1 Å². The van der Waals surface area contributed by atoms with Crippen LogP contribution in [0.2, 0.25) is 0 Å². The van der Waals surface area contributed by atoms with Crippen LogP contribution in [0.1, 0.15) is 53.3 Å². The van der Waals surface area contributed by atoms with Gasteiger partial charge in [0.15, 0.2) is 0 Å². The third kappa shape index (κ3) is 2.43. The van der Waals surface area contributed by atoms with Crippen molar-refractivity contribution in [2.24, 2.45) is 0 Å². The van der Waals surface area contributed by atoms with Gasteiger partial charge in [-0.25, -0.2) is 0 Å². The summed E-state index contributed by atoms with van der Waals surface area (Å²) < 4.78 is 0.861. The summed E-state index contributed by atoms with van der Waals surface area (Å²) in [5, 5.41) is 0. The maximum absolute atomic E-state index is 12.2. The first-order chi connectivity index (χ1) is 8.66. The molecule has 2 rings (SSSR count). The summed E-state index contributed by atoms with van der Waals surface area (Å²) >= 11 is 2.11. The molecule has 1 aromatic rings. The fraction of sp³-hybridized carbons (Fsp3) is 0.429. The van der Waals surface area contributed by atoms with Crippen LogP contribution >= 0.6 is 22.6 Å². The minimum Gasteiger partial charge on any atom is -0.274 e. The Kier molecular flexibility index (Phi) is 4.37. The fourth-order valence-electron chi connectivity index (χ4n) is 2.19. The Labute approximate surface area is 121 Å². The van der Waals surface area contributed by atoms with Crippen molar-refractivity contribution in [3.8, 4) is 0 Å². The zero-order chi connectivity index (χ0) is 13.1. The van der Waals surface area contributed by atoms with Gasteiger partial charge in [-0.05, 0) is 41.1 Å². The first-order valence-corrected chi connectivity index (χ1v) is 7.39. The first kappa shape index (κ1) is 13.5. The molecular weight excluding hydrogens is 341 g/mol. The lowest BCUT2D eigenvalue weighted by atomic mass is 10.1. The summed E-state index contributed by atoms with van der Waals surface area (Å²) in [5.74, 6) is -0.262. The van der Waals surface area contributed by atoms with Crippen LogP contribution in [0.4, 0.5) is 0 Å². The molecule has 4 heteroatoms. The fourth-order valence-corrected chi connectivity index (χ4v) is 2.92. The second-order valence-electron chi connectivity index (χ2n) is 4.48. The molecule has 1 heterocycles. The normalized spacial score (nSPS) is 14.2. The summed E-state index contributed by atoms with van der Waals surface area (Å²) in [6.45, 7) is 2.69. The highest BCUT2D eigenvalue weighted by molar-refractivity contribution is 14.1. The highest BCUT2D eigenvalue weighted by Crippen LogP contribution is 2.27. The molecule has 0 spiro atoms. The molecule has 2 amide bonds. The SMILES string of the molecule is CCCCCCN1C(=O)c2cccc(I)c2C1=O. The highest BCUT2D eigenvalue weighted by Gasteiger charge is 2.36. The van der Waals surface area contributed by atoms with Crippen LogP contribution in [0.25, 0.3) is 0 Å². The van der Waals surface area contributed by atoms with Crippen molar-refractivity contribution >= 4 is 34.4 Å². The smallest absolute Gasteiger partial charge is 0.262 e. The van der Waals surface area contributed by atoms with Gasteiger partial charge in [0.25, 0.3) is 11.8 Å². The third-order valence-corrected chi connectivity index (χ3v) is 4.08. The van der Waals surface area contributed by atoms with Gasteiger partial charge >= 0.3 is 0 Å². The molecule has 0 saturated carbocycles. The van der Waals surface area contributed by atoms with Gasteiger partial charge in [0.1, 0.15) is 0 Å². The number of carbonyl (C=O) groups excluding carboxylic acids is 2. The summed E-state index contributed by atoms with van der Waals surface area (Å²) in [7, 11) is 0. The van der Waals surface area contributed by atoms with E-state index in [1.165, 1.54) is 4.90 Å². The van der Waals surface area contributed by atoms with E-state index in [9.17, 15) is 9.59 Å². The Hall–Kier alpha value is -0.910. The minimum absolute atomic E-state index is 0.128. The molecule has 3 nitrogen and oxygen atoms in total. The molecule has 1 aromatic carbocycles. The second-order valence-corrected chi connectivity index (χ2v) is 5.65. The van der Waals surface area contributed by atoms with Crippen LogP contribution in [0.3, 0.4) is 0 Å². The quantitative estimate of drug-likeness (QED) is 0.460. The molecule has 0 aromatic heterocycles. The number of unbranched alkanes of at least 4 members (excludes halogenated alkanes) is 3. The molecule has 0 unspecified atom stereocenters. The number of amides is 2. The lowest BCUT2D eigenvalue weighted by Crippen LogP contribution is -2.30. The van der Waals surface area contributed by atoms with Gasteiger partial charge in [0.2, 0.25) is 0 Å². The number of carbonyl (C=O) groups is 2. The van der Waals surface area contributed by atoms with E-state index in [1.807, 2.05) is 12.1 Å². The number of hydrogen-bond acceptors (Lipinski definition) is 2. The van der Waals surface area contributed by atoms with Crippen molar-refractivity contribution < 1.29 is 9.59 Å². The average Bonchev–Trinajstić information content (AvgIpc) is 2.60. The number of nitrogens with zero attached hydrogens (tertiary/aromatic N) is 1. The van der Waals surface area contributed by atoms with E-state index in [4.69, 9.17) is 0 Å². The number of halogens is 1. The highest BCUT2D eigenvalue weighted by atomic mass is 127. The van der Waals surface area contributed by atoms with Gasteiger partial charge < -0.3 is 0 Å². The summed E-state index contributed by atoms with van der Waals surface area (Å²) in [4.78, 5) is 25.7. The van der Waals surface area contributed by atoms with E-state index < -0.39 is 0 Å². The minimum atomic E-state index is -0.134. The molecule has 0 aliphatic carbocycles. The Morgan fingerprint density at radius 3 is 2.56 bits per heavy atom.